The molecular formula is C25H24N6O3. The van der Waals surface area contributed by atoms with Crippen LogP contribution in [0.5, 0.6) is 0 Å². The number of hydrogen-bond donors (Lipinski definition) is 3. The molecule has 2 heterocycles. The van der Waals surface area contributed by atoms with Gasteiger partial charge in [0.2, 0.25) is 5.95 Å². The Labute approximate surface area is 197 Å². The van der Waals surface area contributed by atoms with E-state index in [1.165, 1.54) is 0 Å². The minimum atomic E-state index is -0.710. The second-order valence-electron chi connectivity index (χ2n) is 7.96. The second kappa shape index (κ2) is 10.4. The lowest BCUT2D eigenvalue weighted by Gasteiger charge is -2.32. The average Bonchev–Trinajstić information content (AvgIpc) is 2.88. The lowest BCUT2D eigenvalue weighted by atomic mass is 9.97. The average molecular weight is 457 g/mol. The minimum Gasteiger partial charge on any atom is -0.481 e. The normalized spacial score (nSPS) is 13.7. The van der Waals surface area contributed by atoms with Gasteiger partial charge in [0.1, 0.15) is 6.54 Å². The van der Waals surface area contributed by atoms with Gasteiger partial charge in [0.25, 0.3) is 5.91 Å². The SMILES string of the molecule is N#CCNC(=O)c1ccc(-c2ccnc(Nc3ccc(N4CCC(C(=O)O)CC4)cc3)n2)cc1. The van der Waals surface area contributed by atoms with Crippen LogP contribution >= 0.6 is 0 Å². The van der Waals surface area contributed by atoms with Crippen LogP contribution in [0.3, 0.4) is 0 Å². The number of rotatable bonds is 7. The van der Waals surface area contributed by atoms with Crippen LogP contribution in [0.15, 0.2) is 60.8 Å². The first-order chi connectivity index (χ1) is 16.5. The molecule has 1 saturated heterocycles. The topological polar surface area (TPSA) is 131 Å². The predicted octanol–water partition coefficient (Wildman–Crippen LogP) is 3.44. The number of hydrogen-bond acceptors (Lipinski definition) is 7. The highest BCUT2D eigenvalue weighted by atomic mass is 16.4. The second-order valence-corrected chi connectivity index (χ2v) is 7.96. The zero-order chi connectivity index (χ0) is 23.9. The number of piperidine rings is 1. The van der Waals surface area contributed by atoms with Gasteiger partial charge >= 0.3 is 5.97 Å². The molecule has 0 spiro atoms. The Bertz CT molecular complexity index is 1200. The third-order valence-corrected chi connectivity index (χ3v) is 5.76. The molecule has 1 aliphatic rings. The van der Waals surface area contributed by atoms with Gasteiger partial charge in [-0.05, 0) is 55.3 Å². The molecule has 1 aromatic heterocycles. The van der Waals surface area contributed by atoms with E-state index in [-0.39, 0.29) is 18.4 Å². The monoisotopic (exact) mass is 456 g/mol. The molecule has 34 heavy (non-hydrogen) atoms. The summed E-state index contributed by atoms with van der Waals surface area (Å²) in [7, 11) is 0. The maximum absolute atomic E-state index is 12.0. The summed E-state index contributed by atoms with van der Waals surface area (Å²) in [4.78, 5) is 34.2. The van der Waals surface area contributed by atoms with Gasteiger partial charge in [0.05, 0.1) is 17.7 Å². The van der Waals surface area contributed by atoms with Crippen LogP contribution in [0.1, 0.15) is 23.2 Å². The van der Waals surface area contributed by atoms with Crippen LogP contribution < -0.4 is 15.5 Å². The zero-order valence-electron chi connectivity index (χ0n) is 18.4. The number of carboxylic acids is 1. The molecule has 0 saturated carbocycles. The molecule has 0 unspecified atom stereocenters. The number of carbonyl (C=O) groups is 2. The molecule has 1 aliphatic heterocycles. The van der Waals surface area contributed by atoms with Crippen LogP contribution in [0.25, 0.3) is 11.3 Å². The van der Waals surface area contributed by atoms with Gasteiger partial charge < -0.3 is 20.6 Å². The third kappa shape index (κ3) is 5.48. The van der Waals surface area contributed by atoms with Crippen LogP contribution in [0, 0.1) is 17.2 Å². The van der Waals surface area contributed by atoms with Gasteiger partial charge in [-0.2, -0.15) is 5.26 Å². The Balaban J connectivity index is 1.39. The maximum atomic E-state index is 12.0. The highest BCUT2D eigenvalue weighted by Crippen LogP contribution is 2.26. The van der Waals surface area contributed by atoms with Crippen LogP contribution in [0.4, 0.5) is 17.3 Å². The summed E-state index contributed by atoms with van der Waals surface area (Å²) in [5.74, 6) is -0.812. The summed E-state index contributed by atoms with van der Waals surface area (Å²) in [6, 6.07) is 18.6. The highest BCUT2D eigenvalue weighted by Gasteiger charge is 2.24. The molecular weight excluding hydrogens is 432 g/mol. The van der Waals surface area contributed by atoms with Crippen molar-refractivity contribution >= 4 is 29.2 Å². The Hall–Kier alpha value is -4.45. The number of nitrogens with zero attached hydrogens (tertiary/aromatic N) is 4. The highest BCUT2D eigenvalue weighted by molar-refractivity contribution is 5.94. The predicted molar refractivity (Wildman–Crippen MR) is 128 cm³/mol. The van der Waals surface area contributed by atoms with Gasteiger partial charge in [-0.1, -0.05) is 12.1 Å². The van der Waals surface area contributed by atoms with Crippen molar-refractivity contribution in [2.45, 2.75) is 12.8 Å². The molecule has 172 valence electrons. The molecule has 0 atom stereocenters. The van der Waals surface area contributed by atoms with E-state index in [1.807, 2.05) is 30.3 Å². The smallest absolute Gasteiger partial charge is 0.306 e. The van der Waals surface area contributed by atoms with Gasteiger partial charge in [-0.15, -0.1) is 0 Å². The molecule has 1 amide bonds. The van der Waals surface area contributed by atoms with Gasteiger partial charge in [-0.3, -0.25) is 9.59 Å². The van der Waals surface area contributed by atoms with E-state index < -0.39 is 5.97 Å². The number of anilines is 3. The number of aromatic nitrogens is 2. The molecule has 2 aromatic carbocycles. The number of nitrogens with one attached hydrogen (secondary N) is 2. The summed E-state index contributed by atoms with van der Waals surface area (Å²) in [6.07, 6.45) is 2.97. The first-order valence-electron chi connectivity index (χ1n) is 11.0. The van der Waals surface area contributed by atoms with Crippen molar-refractivity contribution in [3.05, 3.63) is 66.4 Å². The standard InChI is InChI=1S/C25H24N6O3/c26-12-14-27-23(32)18-3-1-17(2-4-18)22-9-13-28-25(30-22)29-20-5-7-21(8-6-20)31-15-10-19(11-16-31)24(33)34/h1-9,13,19H,10-11,14-16H2,(H,27,32)(H,33,34)(H,28,29,30). The van der Waals surface area contributed by atoms with E-state index in [1.54, 1.807) is 36.5 Å². The first kappa shape index (κ1) is 22.7. The molecule has 9 nitrogen and oxygen atoms in total. The number of amides is 1. The molecule has 3 N–H and O–H groups in total. The molecule has 3 aromatic rings. The van der Waals surface area contributed by atoms with Crippen molar-refractivity contribution in [1.29, 1.82) is 5.26 Å². The Kier molecular flexibility index (Phi) is 6.98. The van der Waals surface area contributed by atoms with Gasteiger partial charge in [0, 0.05) is 41.8 Å². The van der Waals surface area contributed by atoms with Crippen molar-refractivity contribution in [1.82, 2.24) is 15.3 Å². The van der Waals surface area contributed by atoms with Crippen molar-refractivity contribution in [2.24, 2.45) is 5.92 Å². The molecule has 0 aliphatic carbocycles. The van der Waals surface area contributed by atoms with Crippen molar-refractivity contribution < 1.29 is 14.7 Å². The Morgan fingerprint density at radius 3 is 2.41 bits per heavy atom. The number of aliphatic carboxylic acids is 1. The summed E-state index contributed by atoms with van der Waals surface area (Å²) < 4.78 is 0. The van der Waals surface area contributed by atoms with Crippen LogP contribution in [-0.2, 0) is 4.79 Å². The van der Waals surface area contributed by atoms with Crippen LogP contribution in [-0.4, -0.2) is 46.6 Å². The number of nitriles is 1. The van der Waals surface area contributed by atoms with Crippen molar-refractivity contribution in [3.8, 4) is 17.3 Å². The molecule has 4 rings (SSSR count). The van der Waals surface area contributed by atoms with E-state index in [2.05, 4.69) is 25.5 Å². The van der Waals surface area contributed by atoms with Crippen LogP contribution in [0.2, 0.25) is 0 Å². The fourth-order valence-electron chi connectivity index (χ4n) is 3.86. The van der Waals surface area contributed by atoms with E-state index in [0.717, 1.165) is 30.0 Å². The quantitative estimate of drug-likeness (QED) is 0.461. The largest absolute Gasteiger partial charge is 0.481 e. The Morgan fingerprint density at radius 1 is 1.06 bits per heavy atom. The summed E-state index contributed by atoms with van der Waals surface area (Å²) >= 11 is 0. The lowest BCUT2D eigenvalue weighted by molar-refractivity contribution is -0.142. The number of carbonyl (C=O) groups excluding carboxylic acids is 1. The van der Waals surface area contributed by atoms with Gasteiger partial charge in [-0.25, -0.2) is 9.97 Å². The fourth-order valence-corrected chi connectivity index (χ4v) is 3.86. The summed E-state index contributed by atoms with van der Waals surface area (Å²) in [5.41, 5.74) is 3.91. The number of carboxylic acid groups (broad SMARTS) is 1. The minimum absolute atomic E-state index is 0.0360. The third-order valence-electron chi connectivity index (χ3n) is 5.76. The van der Waals surface area contributed by atoms with E-state index in [0.29, 0.717) is 30.0 Å². The first-order valence-corrected chi connectivity index (χ1v) is 11.0. The molecule has 0 radical (unpaired) electrons. The van der Waals surface area contributed by atoms with Crippen molar-refractivity contribution in [3.63, 3.8) is 0 Å². The molecule has 1 fully saturated rings. The zero-order valence-corrected chi connectivity index (χ0v) is 18.4. The van der Waals surface area contributed by atoms with E-state index in [4.69, 9.17) is 10.4 Å². The van der Waals surface area contributed by atoms with Gasteiger partial charge in [0.15, 0.2) is 0 Å². The summed E-state index contributed by atoms with van der Waals surface area (Å²) in [5, 5.41) is 23.5. The molecule has 9 heteroatoms. The van der Waals surface area contributed by atoms with E-state index in [9.17, 15) is 9.59 Å². The molecule has 0 bridgehead atoms. The number of benzene rings is 2. The van der Waals surface area contributed by atoms with Crippen molar-refractivity contribution in [2.75, 3.05) is 29.9 Å². The van der Waals surface area contributed by atoms with E-state index >= 15 is 0 Å². The maximum Gasteiger partial charge on any atom is 0.306 e. The lowest BCUT2D eigenvalue weighted by Crippen LogP contribution is -2.36. The fraction of sp³-hybridized carbons (Fsp3) is 0.240. The summed E-state index contributed by atoms with van der Waals surface area (Å²) in [6.45, 7) is 1.42. The Morgan fingerprint density at radius 2 is 1.76 bits per heavy atom.